The van der Waals surface area contributed by atoms with Gasteiger partial charge in [-0.25, -0.2) is 0 Å². The zero-order valence-electron chi connectivity index (χ0n) is 7.03. The van der Waals surface area contributed by atoms with Crippen LogP contribution in [0.25, 0.3) is 0 Å². The first-order valence-corrected chi connectivity index (χ1v) is 3.58. The second-order valence-corrected chi connectivity index (χ2v) is 2.70. The van der Waals surface area contributed by atoms with Gasteiger partial charge in [-0.3, -0.25) is 4.79 Å². The molecule has 0 saturated heterocycles. The van der Waals surface area contributed by atoms with E-state index in [9.17, 15) is 4.79 Å². The molecule has 0 aliphatic carbocycles. The van der Waals surface area contributed by atoms with E-state index < -0.39 is 18.1 Å². The van der Waals surface area contributed by atoms with E-state index in [2.05, 4.69) is 5.32 Å². The number of aliphatic hydroxyl groups excluding tert-OH is 1. The Morgan fingerprint density at radius 2 is 1.91 bits per heavy atom. The summed E-state index contributed by atoms with van der Waals surface area (Å²) >= 11 is 0. The van der Waals surface area contributed by atoms with Crippen LogP contribution in [-0.4, -0.2) is 35.4 Å². The van der Waals surface area contributed by atoms with Crippen LogP contribution < -0.4 is 5.32 Å². The Labute approximate surface area is 66.2 Å². The number of aliphatic carboxylic acids is 1. The van der Waals surface area contributed by atoms with Gasteiger partial charge < -0.3 is 15.5 Å². The molecular weight excluding hydrogens is 146 g/mol. The monoisotopic (exact) mass is 161 g/mol. The van der Waals surface area contributed by atoms with Gasteiger partial charge in [0.15, 0.2) is 0 Å². The van der Waals surface area contributed by atoms with Crippen molar-refractivity contribution in [2.75, 3.05) is 7.05 Å². The maximum atomic E-state index is 10.5. The minimum absolute atomic E-state index is 0.280. The van der Waals surface area contributed by atoms with Gasteiger partial charge in [0.2, 0.25) is 0 Å². The van der Waals surface area contributed by atoms with E-state index in [0.29, 0.717) is 0 Å². The second kappa shape index (κ2) is 4.31. The molecule has 0 aliphatic heterocycles. The van der Waals surface area contributed by atoms with Gasteiger partial charge in [0.1, 0.15) is 6.04 Å². The molecule has 0 saturated carbocycles. The summed E-state index contributed by atoms with van der Waals surface area (Å²) in [6, 6.07) is -0.671. The highest BCUT2D eigenvalue weighted by Crippen LogP contribution is 2.07. The molecule has 3 N–H and O–H groups in total. The predicted octanol–water partition coefficient (Wildman–Crippen LogP) is -0.324. The molecule has 0 rings (SSSR count). The highest BCUT2D eigenvalue weighted by Gasteiger charge is 2.25. The summed E-state index contributed by atoms with van der Waals surface area (Å²) < 4.78 is 0. The van der Waals surface area contributed by atoms with Crippen molar-refractivity contribution < 1.29 is 15.0 Å². The minimum atomic E-state index is -0.930. The lowest BCUT2D eigenvalue weighted by molar-refractivity contribution is -0.141. The summed E-state index contributed by atoms with van der Waals surface area (Å²) in [6.45, 7) is 3.28. The Bertz CT molecular complexity index is 136. The maximum Gasteiger partial charge on any atom is 0.321 e. The summed E-state index contributed by atoms with van der Waals surface area (Å²) in [6.07, 6.45) is -0.608. The van der Waals surface area contributed by atoms with Crippen LogP contribution in [0.2, 0.25) is 0 Å². The van der Waals surface area contributed by atoms with Crippen molar-refractivity contribution in [3.63, 3.8) is 0 Å². The molecule has 0 radical (unpaired) electrons. The standard InChI is InChI=1S/C7H15NO3/c1-4(5(2)9)6(8-3)7(10)11/h4-6,8-9H,1-3H3,(H,10,11)/t4-,5-,6-/m0/s1. The molecule has 0 unspecified atom stereocenters. The lowest BCUT2D eigenvalue weighted by atomic mass is 9.97. The molecule has 0 aliphatic rings. The third kappa shape index (κ3) is 2.86. The van der Waals surface area contributed by atoms with Crippen molar-refractivity contribution in [3.05, 3.63) is 0 Å². The summed E-state index contributed by atoms with van der Waals surface area (Å²) in [5.74, 6) is -1.21. The van der Waals surface area contributed by atoms with Crippen molar-refractivity contribution >= 4 is 5.97 Å². The van der Waals surface area contributed by atoms with Gasteiger partial charge in [-0.05, 0) is 14.0 Å². The van der Waals surface area contributed by atoms with Gasteiger partial charge in [-0.1, -0.05) is 6.92 Å². The molecule has 0 spiro atoms. The average molecular weight is 161 g/mol. The number of carbonyl (C=O) groups is 1. The lowest BCUT2D eigenvalue weighted by Gasteiger charge is -2.21. The van der Waals surface area contributed by atoms with Crippen molar-refractivity contribution in [1.82, 2.24) is 5.32 Å². The first-order chi connectivity index (χ1) is 5.00. The SMILES string of the molecule is CN[C@H](C(=O)O)[C@@H](C)[C@H](C)O. The number of hydrogen-bond donors (Lipinski definition) is 3. The molecule has 0 bridgehead atoms. The van der Waals surface area contributed by atoms with Crippen molar-refractivity contribution in [2.45, 2.75) is 26.0 Å². The highest BCUT2D eigenvalue weighted by molar-refractivity contribution is 5.73. The Balaban J connectivity index is 4.14. The number of rotatable bonds is 4. The van der Waals surface area contributed by atoms with Gasteiger partial charge in [-0.15, -0.1) is 0 Å². The van der Waals surface area contributed by atoms with Crippen LogP contribution in [0.1, 0.15) is 13.8 Å². The Morgan fingerprint density at radius 3 is 2.00 bits per heavy atom. The summed E-state index contributed by atoms with van der Waals surface area (Å²) in [5, 5.41) is 20.3. The molecule has 0 aromatic rings. The van der Waals surface area contributed by atoms with Crippen LogP contribution in [0.15, 0.2) is 0 Å². The molecule has 4 nitrogen and oxygen atoms in total. The van der Waals surface area contributed by atoms with Gasteiger partial charge in [0, 0.05) is 5.92 Å². The van der Waals surface area contributed by atoms with Crippen LogP contribution in [-0.2, 0) is 4.79 Å². The number of carboxylic acid groups (broad SMARTS) is 1. The first-order valence-electron chi connectivity index (χ1n) is 3.58. The topological polar surface area (TPSA) is 69.6 Å². The molecule has 66 valence electrons. The first kappa shape index (κ1) is 10.4. The summed E-state index contributed by atoms with van der Waals surface area (Å²) in [4.78, 5) is 10.5. The third-order valence-corrected chi connectivity index (χ3v) is 1.86. The third-order valence-electron chi connectivity index (χ3n) is 1.86. The molecule has 0 fully saturated rings. The summed E-state index contributed by atoms with van der Waals surface area (Å²) in [7, 11) is 1.57. The second-order valence-electron chi connectivity index (χ2n) is 2.70. The van der Waals surface area contributed by atoms with Crippen molar-refractivity contribution in [2.24, 2.45) is 5.92 Å². The van der Waals surface area contributed by atoms with Crippen molar-refractivity contribution in [3.8, 4) is 0 Å². The average Bonchev–Trinajstić information content (AvgIpc) is 1.88. The van der Waals surface area contributed by atoms with Crippen LogP contribution in [0, 0.1) is 5.92 Å². The Hall–Kier alpha value is -0.610. The zero-order chi connectivity index (χ0) is 9.02. The Kier molecular flexibility index (Phi) is 4.07. The quantitative estimate of drug-likeness (QED) is 0.528. The fourth-order valence-electron chi connectivity index (χ4n) is 0.890. The van der Waals surface area contributed by atoms with Crippen LogP contribution >= 0.6 is 0 Å². The molecule has 0 heterocycles. The van der Waals surface area contributed by atoms with Gasteiger partial charge in [0.05, 0.1) is 6.10 Å². The number of nitrogens with one attached hydrogen (secondary N) is 1. The normalized spacial score (nSPS) is 18.9. The molecule has 4 heteroatoms. The number of hydrogen-bond acceptors (Lipinski definition) is 3. The van der Waals surface area contributed by atoms with Gasteiger partial charge >= 0.3 is 5.97 Å². The van der Waals surface area contributed by atoms with Crippen LogP contribution in [0.5, 0.6) is 0 Å². The highest BCUT2D eigenvalue weighted by atomic mass is 16.4. The zero-order valence-corrected chi connectivity index (χ0v) is 7.03. The van der Waals surface area contributed by atoms with E-state index in [4.69, 9.17) is 10.2 Å². The predicted molar refractivity (Wildman–Crippen MR) is 41.3 cm³/mol. The summed E-state index contributed by atoms with van der Waals surface area (Å²) in [5.41, 5.74) is 0. The molecule has 0 aromatic heterocycles. The molecule has 0 aromatic carbocycles. The van der Waals surface area contributed by atoms with E-state index in [1.165, 1.54) is 0 Å². The number of aliphatic hydroxyl groups is 1. The number of likely N-dealkylation sites (N-methyl/N-ethyl adjacent to an activating group) is 1. The van der Waals surface area contributed by atoms with E-state index in [0.717, 1.165) is 0 Å². The molecular formula is C7H15NO3. The van der Waals surface area contributed by atoms with E-state index >= 15 is 0 Å². The number of carboxylic acids is 1. The van der Waals surface area contributed by atoms with Gasteiger partial charge in [0.25, 0.3) is 0 Å². The Morgan fingerprint density at radius 1 is 1.45 bits per heavy atom. The molecule has 0 amide bonds. The minimum Gasteiger partial charge on any atom is -0.480 e. The van der Waals surface area contributed by atoms with E-state index in [1.54, 1.807) is 20.9 Å². The molecule has 3 atom stereocenters. The van der Waals surface area contributed by atoms with Crippen LogP contribution in [0.4, 0.5) is 0 Å². The lowest BCUT2D eigenvalue weighted by Crippen LogP contribution is -2.43. The van der Waals surface area contributed by atoms with Crippen LogP contribution in [0.3, 0.4) is 0 Å². The smallest absolute Gasteiger partial charge is 0.321 e. The molecule has 11 heavy (non-hydrogen) atoms. The van der Waals surface area contributed by atoms with E-state index in [-0.39, 0.29) is 5.92 Å². The fourth-order valence-corrected chi connectivity index (χ4v) is 0.890. The maximum absolute atomic E-state index is 10.5. The van der Waals surface area contributed by atoms with Crippen molar-refractivity contribution in [1.29, 1.82) is 0 Å². The van der Waals surface area contributed by atoms with Gasteiger partial charge in [-0.2, -0.15) is 0 Å². The van der Waals surface area contributed by atoms with E-state index in [1.807, 2.05) is 0 Å². The largest absolute Gasteiger partial charge is 0.480 e. The fraction of sp³-hybridized carbons (Fsp3) is 0.857.